The molecule has 36 nitrogen and oxygen atoms in total. The first-order chi connectivity index (χ1) is 38.5. The van der Waals surface area contributed by atoms with Gasteiger partial charge in [-0.1, -0.05) is 0 Å². The Balaban J connectivity index is 1.09. The lowest BCUT2D eigenvalue weighted by Crippen LogP contribution is -2.68. The van der Waals surface area contributed by atoms with Crippen molar-refractivity contribution in [3.8, 4) is 0 Å². The lowest BCUT2D eigenvalue weighted by molar-refractivity contribution is -0.396. The number of nitrogens with one attached hydrogen (secondary N) is 1. The molecule has 472 valence electrons. The minimum Gasteiger partial charge on any atom is -0.394 e. The first-order valence-electron chi connectivity index (χ1n) is 26.3. The first kappa shape index (κ1) is 65.5. The molecule has 81 heavy (non-hydrogen) atoms. The number of ether oxygens (including phenoxy) is 14. The van der Waals surface area contributed by atoms with Crippen LogP contribution in [0.25, 0.3) is 0 Å². The summed E-state index contributed by atoms with van der Waals surface area (Å²) in [5, 5.41) is 235. The molecule has 21 heterocycles. The van der Waals surface area contributed by atoms with Crippen LogP contribution in [0.3, 0.4) is 0 Å². The molecule has 0 unspecified atom stereocenters. The van der Waals surface area contributed by atoms with Crippen molar-refractivity contribution in [3.63, 3.8) is 0 Å². The maximum Gasteiger partial charge on any atom is 0.187 e. The number of hydrogen-bond acceptors (Lipinski definition) is 36. The van der Waals surface area contributed by atoms with Crippen molar-refractivity contribution < 1.29 is 174 Å². The van der Waals surface area contributed by atoms with Gasteiger partial charge in [0.05, 0.1) is 45.7 Å². The zero-order chi connectivity index (χ0) is 59.0. The topological polar surface area (TPSA) is 566 Å². The standard InChI is InChI=1S/C45H77NO35/c1-10(53)2-46-3-11-32-18(54)25(61)39(68-11)76-33-12(4-47)70-41(27(63)20(33)56)78-35-14(6-49)72-43(29(65)22(35)58)80-37-16(8-51)74-45(31(67)24(37)60)81-38-17(9-52)73-44(30(66)23(38)59)79-36-15(7-50)71-42(28(64)21(36)57)77-34-13(5-48)69-40(75-32)26(62)19(34)55/h10-67H,2-9H2,1H3/t10-,11+,12+,13+,14+,15+,16+,17+,18+,19+,20+,21+,22+,23+,24+,25+,26+,27-,28+,29-,30+,31+,32+,33+,34+,35+,36+,37+,38+,39+,40+,41+,42+,43+,44+,45+/m0/s1. The fourth-order valence-electron chi connectivity index (χ4n) is 10.9. The SMILES string of the molecule is C[C@H](O)CNC[C@H]1O[C@@H]2O[C@H]3[C@H](O)[C@H](O)[C@@H](O[C@H]4[C@H](O)[C@H](O)[C@@H](O[C@H]5[C@H](O)[C@@H](O)[C@@H](O[C@H]6[C@H](O)[C@@H](O)[C@@H](O[C@H]7[C@H](O)[C@@H](O)[C@@H](O[C@H]8[C@H](O)[C@@H](O)[C@@H](O[C@H]1[C@H](O)[C@H]2O)O[C@@H]8CO)O[C@@H]7CO)O[C@@H]6CO)O[C@@H]5CO)O[C@@H]4CO)O[C@@H]3CO. The summed E-state index contributed by atoms with van der Waals surface area (Å²) < 4.78 is 80.7. The molecule has 0 amide bonds. The van der Waals surface area contributed by atoms with E-state index in [1.54, 1.807) is 0 Å². The van der Waals surface area contributed by atoms with Crippen molar-refractivity contribution >= 4 is 0 Å². The summed E-state index contributed by atoms with van der Waals surface area (Å²) in [7, 11) is 0. The van der Waals surface area contributed by atoms with Gasteiger partial charge in [0, 0.05) is 13.1 Å². The molecule has 0 spiro atoms. The Kier molecular flexibility index (Phi) is 22.8. The Morgan fingerprint density at radius 3 is 0.580 bits per heavy atom. The van der Waals surface area contributed by atoms with Gasteiger partial charge in [-0.3, -0.25) is 0 Å². The summed E-state index contributed by atoms with van der Waals surface area (Å²) in [6.07, 6.45) is -70.7. The van der Waals surface area contributed by atoms with Crippen LogP contribution < -0.4 is 5.32 Å². The maximum absolute atomic E-state index is 11.6. The molecule has 36 atom stereocenters. The quantitative estimate of drug-likeness (QED) is 0.0966. The summed E-state index contributed by atoms with van der Waals surface area (Å²) in [5.41, 5.74) is 0. The van der Waals surface area contributed by atoms with E-state index < -0.39 is 261 Å². The van der Waals surface area contributed by atoms with Gasteiger partial charge in [0.2, 0.25) is 0 Å². The van der Waals surface area contributed by atoms with E-state index in [4.69, 9.17) is 66.3 Å². The minimum atomic E-state index is -2.21. The van der Waals surface area contributed by atoms with Crippen LogP contribution in [0.15, 0.2) is 0 Å². The second kappa shape index (κ2) is 28.2. The van der Waals surface area contributed by atoms with Crippen LogP contribution in [-0.4, -0.2) is 381 Å². The molecule has 22 N–H and O–H groups in total. The van der Waals surface area contributed by atoms with Gasteiger partial charge in [-0.05, 0) is 6.92 Å². The zero-order valence-electron chi connectivity index (χ0n) is 43.0. The molecule has 0 aliphatic carbocycles. The molecule has 0 saturated carbocycles. The zero-order valence-corrected chi connectivity index (χ0v) is 43.0. The van der Waals surface area contributed by atoms with Crippen molar-refractivity contribution in [1.29, 1.82) is 0 Å². The van der Waals surface area contributed by atoms with Crippen LogP contribution in [0, 0.1) is 0 Å². The van der Waals surface area contributed by atoms with Gasteiger partial charge >= 0.3 is 0 Å². The van der Waals surface area contributed by atoms with Crippen molar-refractivity contribution in [2.24, 2.45) is 0 Å². The number of aliphatic hydroxyl groups excluding tert-OH is 21. The Labute approximate surface area is 459 Å². The maximum atomic E-state index is 11.6. The Bertz CT molecular complexity index is 1910. The van der Waals surface area contributed by atoms with E-state index in [0.29, 0.717) is 0 Å². The monoisotopic (exact) mass is 1190 g/mol. The van der Waals surface area contributed by atoms with Crippen molar-refractivity contribution in [3.05, 3.63) is 0 Å². The van der Waals surface area contributed by atoms with Crippen LogP contribution in [0.5, 0.6) is 0 Å². The predicted molar refractivity (Wildman–Crippen MR) is 246 cm³/mol. The summed E-state index contributed by atoms with van der Waals surface area (Å²) in [6.45, 7) is -5.31. The molecule has 21 saturated heterocycles. The number of hydrogen-bond donors (Lipinski definition) is 22. The Morgan fingerprint density at radius 1 is 0.259 bits per heavy atom. The fraction of sp³-hybridized carbons (Fsp3) is 1.00. The van der Waals surface area contributed by atoms with E-state index in [2.05, 4.69) is 5.32 Å². The third kappa shape index (κ3) is 13.5. The van der Waals surface area contributed by atoms with Gasteiger partial charge in [0.25, 0.3) is 0 Å². The largest absolute Gasteiger partial charge is 0.394 e. The molecular weight excluding hydrogens is 1110 g/mol. The molecule has 21 fully saturated rings. The van der Waals surface area contributed by atoms with Gasteiger partial charge in [0.1, 0.15) is 171 Å². The molecule has 0 aromatic rings. The second-order valence-corrected chi connectivity index (χ2v) is 21.0. The van der Waals surface area contributed by atoms with Crippen LogP contribution in [-0.2, 0) is 66.3 Å². The summed E-state index contributed by atoms with van der Waals surface area (Å²) >= 11 is 0. The number of rotatable bonds is 10. The van der Waals surface area contributed by atoms with Crippen LogP contribution in [0.2, 0.25) is 0 Å². The van der Waals surface area contributed by atoms with E-state index in [9.17, 15) is 107 Å². The molecule has 21 aliphatic rings. The van der Waals surface area contributed by atoms with E-state index in [0.717, 1.165) is 0 Å². The van der Waals surface area contributed by atoms with E-state index in [1.165, 1.54) is 6.92 Å². The second-order valence-electron chi connectivity index (χ2n) is 21.0. The minimum absolute atomic E-state index is 0.109. The average Bonchev–Trinajstić information content (AvgIpc) is 3.45. The lowest BCUT2D eigenvalue weighted by Gasteiger charge is -2.50. The van der Waals surface area contributed by atoms with Crippen LogP contribution in [0.4, 0.5) is 0 Å². The smallest absolute Gasteiger partial charge is 0.187 e. The van der Waals surface area contributed by atoms with Crippen molar-refractivity contribution in [1.82, 2.24) is 5.32 Å². The van der Waals surface area contributed by atoms with Crippen molar-refractivity contribution in [2.45, 2.75) is 228 Å². The number of aliphatic hydroxyl groups is 21. The van der Waals surface area contributed by atoms with Gasteiger partial charge in [-0.25, -0.2) is 0 Å². The van der Waals surface area contributed by atoms with Crippen LogP contribution >= 0.6 is 0 Å². The first-order valence-corrected chi connectivity index (χ1v) is 26.3. The molecule has 0 radical (unpaired) electrons. The highest BCUT2D eigenvalue weighted by Crippen LogP contribution is 2.39. The molecule has 14 bridgehead atoms. The normalized spacial score (nSPS) is 53.6. The van der Waals surface area contributed by atoms with Crippen LogP contribution in [0.1, 0.15) is 6.92 Å². The Hall–Kier alpha value is -1.44. The highest BCUT2D eigenvalue weighted by molar-refractivity contribution is 5.02. The van der Waals surface area contributed by atoms with Gasteiger partial charge in [-0.15, -0.1) is 0 Å². The highest BCUT2D eigenvalue weighted by Gasteiger charge is 2.59. The van der Waals surface area contributed by atoms with Gasteiger partial charge < -0.3 is 179 Å². The van der Waals surface area contributed by atoms with Gasteiger partial charge in [0.15, 0.2) is 44.0 Å². The third-order valence-corrected chi connectivity index (χ3v) is 15.4. The van der Waals surface area contributed by atoms with Gasteiger partial charge in [-0.2, -0.15) is 0 Å². The summed E-state index contributed by atoms with van der Waals surface area (Å²) in [5.74, 6) is 0. The summed E-state index contributed by atoms with van der Waals surface area (Å²) in [4.78, 5) is 0. The Morgan fingerprint density at radius 2 is 0.420 bits per heavy atom. The lowest BCUT2D eigenvalue weighted by atomic mass is 9.95. The van der Waals surface area contributed by atoms with Crippen molar-refractivity contribution in [2.75, 3.05) is 52.7 Å². The average molecular weight is 1190 g/mol. The highest BCUT2D eigenvalue weighted by atomic mass is 16.8. The molecule has 0 aromatic heterocycles. The van der Waals surface area contributed by atoms with E-state index >= 15 is 0 Å². The fourth-order valence-corrected chi connectivity index (χ4v) is 10.9. The van der Waals surface area contributed by atoms with E-state index in [1.807, 2.05) is 0 Å². The molecule has 36 heteroatoms. The molecule has 21 aliphatic heterocycles. The molecule has 21 rings (SSSR count). The molecular formula is C45H77NO35. The summed E-state index contributed by atoms with van der Waals surface area (Å²) in [6, 6.07) is 0. The van der Waals surface area contributed by atoms with E-state index in [-0.39, 0.29) is 13.1 Å². The molecule has 0 aromatic carbocycles. The predicted octanol–water partition coefficient (Wildman–Crippen LogP) is -15.3. The third-order valence-electron chi connectivity index (χ3n) is 15.4.